The van der Waals surface area contributed by atoms with E-state index in [2.05, 4.69) is 20.3 Å². The molecule has 0 saturated carbocycles. The Labute approximate surface area is 144 Å². The first kappa shape index (κ1) is 15.2. The van der Waals surface area contributed by atoms with Crippen molar-refractivity contribution < 1.29 is 4.39 Å². The maximum absolute atomic E-state index is 13.5. The van der Waals surface area contributed by atoms with E-state index < -0.39 is 0 Å². The second-order valence-electron chi connectivity index (χ2n) is 5.63. The fourth-order valence-electron chi connectivity index (χ4n) is 2.79. The molecule has 4 nitrogen and oxygen atoms in total. The number of aromatic nitrogens is 3. The number of hydrogen-bond acceptors (Lipinski definition) is 4. The summed E-state index contributed by atoms with van der Waals surface area (Å²) in [7, 11) is 1.83. The van der Waals surface area contributed by atoms with E-state index in [1.54, 1.807) is 18.5 Å². The first-order valence-electron chi connectivity index (χ1n) is 7.90. The summed E-state index contributed by atoms with van der Waals surface area (Å²) in [5.41, 5.74) is 3.36. The molecule has 1 N–H and O–H groups in total. The quantitative estimate of drug-likeness (QED) is 0.599. The van der Waals surface area contributed by atoms with Crippen molar-refractivity contribution in [2.75, 3.05) is 12.4 Å². The first-order valence-corrected chi connectivity index (χ1v) is 7.90. The fourth-order valence-corrected chi connectivity index (χ4v) is 2.79. The lowest BCUT2D eigenvalue weighted by Gasteiger charge is -2.10. The van der Waals surface area contributed by atoms with Crippen LogP contribution in [0.2, 0.25) is 0 Å². The minimum Gasteiger partial charge on any atom is -0.373 e. The van der Waals surface area contributed by atoms with Gasteiger partial charge in [-0.25, -0.2) is 14.4 Å². The van der Waals surface area contributed by atoms with Crippen LogP contribution in [-0.2, 0) is 0 Å². The summed E-state index contributed by atoms with van der Waals surface area (Å²) in [6, 6.07) is 16.2. The average molecular weight is 330 g/mol. The lowest BCUT2D eigenvalue weighted by Crippen LogP contribution is -1.99. The Bertz CT molecular complexity index is 1050. The highest BCUT2D eigenvalue weighted by Crippen LogP contribution is 2.29. The Hall–Kier alpha value is -3.34. The Morgan fingerprint density at radius 2 is 1.72 bits per heavy atom. The number of hydrogen-bond donors (Lipinski definition) is 1. The summed E-state index contributed by atoms with van der Waals surface area (Å²) < 4.78 is 13.5. The molecule has 0 unspecified atom stereocenters. The molecule has 5 heteroatoms. The van der Waals surface area contributed by atoms with Crippen LogP contribution in [0.5, 0.6) is 0 Å². The molecule has 0 fully saturated rings. The molecule has 0 spiro atoms. The molecule has 0 amide bonds. The third-order valence-electron chi connectivity index (χ3n) is 4.01. The molecule has 2 heterocycles. The van der Waals surface area contributed by atoms with Gasteiger partial charge in [0.1, 0.15) is 11.6 Å². The van der Waals surface area contributed by atoms with Crippen LogP contribution in [0.25, 0.3) is 33.4 Å². The number of rotatable bonds is 3. The van der Waals surface area contributed by atoms with Crippen LogP contribution >= 0.6 is 0 Å². The molecular formula is C20H15FN4. The van der Waals surface area contributed by atoms with Gasteiger partial charge in [0.15, 0.2) is 5.82 Å². The Morgan fingerprint density at radius 1 is 0.880 bits per heavy atom. The molecule has 0 aliphatic carbocycles. The summed E-state index contributed by atoms with van der Waals surface area (Å²) in [5, 5.41) is 4.03. The summed E-state index contributed by atoms with van der Waals surface area (Å²) in [4.78, 5) is 13.4. The van der Waals surface area contributed by atoms with Crippen molar-refractivity contribution in [1.82, 2.24) is 15.0 Å². The normalized spacial score (nSPS) is 10.8. The van der Waals surface area contributed by atoms with Gasteiger partial charge >= 0.3 is 0 Å². The topological polar surface area (TPSA) is 50.7 Å². The fraction of sp³-hybridized carbons (Fsp3) is 0.0500. The van der Waals surface area contributed by atoms with Crippen molar-refractivity contribution in [3.63, 3.8) is 0 Å². The standard InChI is InChI=1S/C20H15FN4/c1-22-20-17-8-7-14(13-4-2-6-16(21)10-13)11-18(17)24-19(25-20)15-5-3-9-23-12-15/h2-12H,1H3,(H,22,24,25). The third kappa shape index (κ3) is 2.92. The molecule has 4 aromatic rings. The molecule has 122 valence electrons. The van der Waals surface area contributed by atoms with Crippen molar-refractivity contribution in [2.24, 2.45) is 0 Å². The van der Waals surface area contributed by atoms with Crippen LogP contribution in [0, 0.1) is 5.82 Å². The predicted octanol–water partition coefficient (Wildman–Crippen LogP) is 4.54. The highest BCUT2D eigenvalue weighted by Gasteiger charge is 2.10. The van der Waals surface area contributed by atoms with Gasteiger partial charge in [0.05, 0.1) is 5.52 Å². The zero-order chi connectivity index (χ0) is 17.2. The molecule has 0 atom stereocenters. The largest absolute Gasteiger partial charge is 0.373 e. The van der Waals surface area contributed by atoms with E-state index >= 15 is 0 Å². The van der Waals surface area contributed by atoms with Gasteiger partial charge in [0.25, 0.3) is 0 Å². The van der Waals surface area contributed by atoms with Crippen molar-refractivity contribution in [3.8, 4) is 22.5 Å². The second kappa shape index (κ2) is 6.28. The van der Waals surface area contributed by atoms with E-state index in [9.17, 15) is 4.39 Å². The molecule has 0 aliphatic heterocycles. The van der Waals surface area contributed by atoms with Crippen molar-refractivity contribution in [2.45, 2.75) is 0 Å². The lowest BCUT2D eigenvalue weighted by molar-refractivity contribution is 0.628. The van der Waals surface area contributed by atoms with Crippen LogP contribution in [0.3, 0.4) is 0 Å². The number of nitrogens with one attached hydrogen (secondary N) is 1. The average Bonchev–Trinajstić information content (AvgIpc) is 2.67. The Kier molecular flexibility index (Phi) is 3.82. The maximum Gasteiger partial charge on any atom is 0.163 e. The summed E-state index contributed by atoms with van der Waals surface area (Å²) >= 11 is 0. The summed E-state index contributed by atoms with van der Waals surface area (Å²) in [6.07, 6.45) is 3.45. The van der Waals surface area contributed by atoms with E-state index in [1.165, 1.54) is 12.1 Å². The number of fused-ring (bicyclic) bond motifs is 1. The highest BCUT2D eigenvalue weighted by molar-refractivity contribution is 5.93. The molecule has 2 aromatic carbocycles. The summed E-state index contributed by atoms with van der Waals surface area (Å²) in [6.45, 7) is 0. The number of halogens is 1. The highest BCUT2D eigenvalue weighted by atomic mass is 19.1. The third-order valence-corrected chi connectivity index (χ3v) is 4.01. The van der Waals surface area contributed by atoms with Gasteiger partial charge in [-0.05, 0) is 47.5 Å². The molecule has 0 bridgehead atoms. The lowest BCUT2D eigenvalue weighted by atomic mass is 10.0. The van der Waals surface area contributed by atoms with E-state index in [1.807, 2.05) is 43.4 Å². The predicted molar refractivity (Wildman–Crippen MR) is 97.7 cm³/mol. The van der Waals surface area contributed by atoms with Crippen LogP contribution in [0.4, 0.5) is 10.2 Å². The van der Waals surface area contributed by atoms with E-state index in [0.29, 0.717) is 5.82 Å². The van der Waals surface area contributed by atoms with Gasteiger partial charge in [0.2, 0.25) is 0 Å². The monoisotopic (exact) mass is 330 g/mol. The van der Waals surface area contributed by atoms with Crippen LogP contribution < -0.4 is 5.32 Å². The zero-order valence-electron chi connectivity index (χ0n) is 13.6. The van der Waals surface area contributed by atoms with Crippen LogP contribution in [-0.4, -0.2) is 22.0 Å². The summed E-state index contributed by atoms with van der Waals surface area (Å²) in [5.74, 6) is 1.09. The smallest absolute Gasteiger partial charge is 0.163 e. The second-order valence-corrected chi connectivity index (χ2v) is 5.63. The molecule has 0 saturated heterocycles. The van der Waals surface area contributed by atoms with E-state index in [0.717, 1.165) is 33.4 Å². The number of benzene rings is 2. The van der Waals surface area contributed by atoms with E-state index in [4.69, 9.17) is 0 Å². The van der Waals surface area contributed by atoms with Gasteiger partial charge in [0, 0.05) is 30.4 Å². The molecule has 4 rings (SSSR count). The van der Waals surface area contributed by atoms with E-state index in [-0.39, 0.29) is 5.82 Å². The van der Waals surface area contributed by atoms with Gasteiger partial charge in [-0.15, -0.1) is 0 Å². The Morgan fingerprint density at radius 3 is 2.48 bits per heavy atom. The van der Waals surface area contributed by atoms with Gasteiger partial charge < -0.3 is 5.32 Å². The van der Waals surface area contributed by atoms with Crippen LogP contribution in [0.1, 0.15) is 0 Å². The van der Waals surface area contributed by atoms with Gasteiger partial charge in [-0.3, -0.25) is 4.98 Å². The van der Waals surface area contributed by atoms with Crippen molar-refractivity contribution >= 4 is 16.7 Å². The minimum absolute atomic E-state index is 0.257. The van der Waals surface area contributed by atoms with Gasteiger partial charge in [-0.1, -0.05) is 18.2 Å². The first-order chi connectivity index (χ1) is 12.2. The maximum atomic E-state index is 13.5. The molecular weight excluding hydrogens is 315 g/mol. The Balaban J connectivity index is 1.91. The van der Waals surface area contributed by atoms with Crippen molar-refractivity contribution in [3.05, 3.63) is 72.8 Å². The number of nitrogens with zero attached hydrogens (tertiary/aromatic N) is 3. The van der Waals surface area contributed by atoms with Crippen molar-refractivity contribution in [1.29, 1.82) is 0 Å². The molecule has 0 aliphatic rings. The number of anilines is 1. The van der Waals surface area contributed by atoms with Crippen LogP contribution in [0.15, 0.2) is 67.0 Å². The SMILES string of the molecule is CNc1nc(-c2cccnc2)nc2cc(-c3cccc(F)c3)ccc12. The zero-order valence-corrected chi connectivity index (χ0v) is 13.6. The molecule has 2 aromatic heterocycles. The van der Waals surface area contributed by atoms with Gasteiger partial charge in [-0.2, -0.15) is 0 Å². The molecule has 0 radical (unpaired) electrons. The molecule has 25 heavy (non-hydrogen) atoms. The minimum atomic E-state index is -0.257. The number of pyridine rings is 1.